The number of fused-ring (bicyclic) bond motifs is 1. The Balaban J connectivity index is 2.16. The molecule has 0 spiro atoms. The molecule has 0 aromatic heterocycles. The van der Waals surface area contributed by atoms with Crippen molar-refractivity contribution < 1.29 is 14.2 Å². The number of methoxy groups -OCH3 is 1. The van der Waals surface area contributed by atoms with Crippen molar-refractivity contribution >= 4 is 11.8 Å². The first-order chi connectivity index (χ1) is 13.0. The van der Waals surface area contributed by atoms with Gasteiger partial charge >= 0.3 is 0 Å². The Bertz CT molecular complexity index is 779. The molecule has 3 rings (SSSR count). The van der Waals surface area contributed by atoms with Crippen LogP contribution in [-0.2, 0) is 0 Å². The molecular weight excluding hydrogens is 359 g/mol. The van der Waals surface area contributed by atoms with E-state index in [2.05, 4.69) is 19.9 Å². The molecule has 2 nitrogen and oxygen atoms in total. The maximum Gasteiger partial charge on any atom is 0.123 e. The molecule has 0 amide bonds. The Morgan fingerprint density at radius 1 is 1.22 bits per heavy atom. The number of benzene rings is 2. The smallest absolute Gasteiger partial charge is 0.123 e. The van der Waals surface area contributed by atoms with E-state index in [1.54, 1.807) is 19.2 Å². The predicted molar refractivity (Wildman–Crippen MR) is 110 cm³/mol. The number of ether oxygens (including phenoxy) is 1. The summed E-state index contributed by atoms with van der Waals surface area (Å²) in [6.07, 6.45) is 3.49. The number of unbranched alkanes of at least 4 members (excludes halogenated alkanes) is 1. The highest BCUT2D eigenvalue weighted by molar-refractivity contribution is 7.99. The van der Waals surface area contributed by atoms with Gasteiger partial charge in [-0.05, 0) is 54.3 Å². The van der Waals surface area contributed by atoms with Crippen LogP contribution >= 0.6 is 11.8 Å². The van der Waals surface area contributed by atoms with E-state index in [-0.39, 0.29) is 17.2 Å². The largest absolute Gasteiger partial charge is 0.497 e. The molecular formula is C23H29FO2S. The van der Waals surface area contributed by atoms with Gasteiger partial charge in [0.05, 0.1) is 13.2 Å². The molecule has 2 aromatic carbocycles. The maximum absolute atomic E-state index is 14.0. The lowest BCUT2D eigenvalue weighted by Crippen LogP contribution is -2.40. The summed E-state index contributed by atoms with van der Waals surface area (Å²) < 4.78 is 19.5. The minimum Gasteiger partial charge on any atom is -0.497 e. The van der Waals surface area contributed by atoms with Crippen molar-refractivity contribution in [1.29, 1.82) is 0 Å². The summed E-state index contributed by atoms with van der Waals surface area (Å²) in [6, 6.07) is 12.7. The van der Waals surface area contributed by atoms with Gasteiger partial charge in [-0.25, -0.2) is 4.39 Å². The van der Waals surface area contributed by atoms with E-state index in [0.717, 1.165) is 53.2 Å². The van der Waals surface area contributed by atoms with E-state index >= 15 is 0 Å². The van der Waals surface area contributed by atoms with Crippen LogP contribution in [0.2, 0.25) is 0 Å². The van der Waals surface area contributed by atoms with Gasteiger partial charge in [-0.15, -0.1) is 11.8 Å². The third-order valence-corrected chi connectivity index (χ3v) is 7.35. The predicted octanol–water partition coefficient (Wildman–Crippen LogP) is 6.02. The zero-order valence-electron chi connectivity index (χ0n) is 16.4. The molecule has 1 heterocycles. The molecule has 27 heavy (non-hydrogen) atoms. The fraction of sp³-hybridized carbons (Fsp3) is 0.478. The van der Waals surface area contributed by atoms with Crippen molar-refractivity contribution in [2.75, 3.05) is 12.9 Å². The number of aliphatic hydroxyl groups is 1. The van der Waals surface area contributed by atoms with Crippen LogP contribution in [-0.4, -0.2) is 24.1 Å². The van der Waals surface area contributed by atoms with Crippen LogP contribution in [0.4, 0.5) is 4.39 Å². The molecule has 0 saturated heterocycles. The van der Waals surface area contributed by atoms with Crippen molar-refractivity contribution in [2.24, 2.45) is 5.41 Å². The second-order valence-corrected chi connectivity index (χ2v) is 8.51. The lowest BCUT2D eigenvalue weighted by molar-refractivity contribution is 0.0182. The van der Waals surface area contributed by atoms with Gasteiger partial charge in [0.2, 0.25) is 0 Å². The zero-order valence-corrected chi connectivity index (χ0v) is 17.2. The summed E-state index contributed by atoms with van der Waals surface area (Å²) in [4.78, 5) is 1.15. The van der Waals surface area contributed by atoms with Gasteiger partial charge in [0.1, 0.15) is 11.6 Å². The third-order valence-electron chi connectivity index (χ3n) is 5.95. The average molecular weight is 389 g/mol. The first kappa shape index (κ1) is 20.2. The lowest BCUT2D eigenvalue weighted by Gasteiger charge is -2.39. The Hall–Kier alpha value is -1.52. The highest BCUT2D eigenvalue weighted by atomic mass is 32.2. The molecule has 1 unspecified atom stereocenters. The molecule has 0 radical (unpaired) electrons. The van der Waals surface area contributed by atoms with Crippen molar-refractivity contribution in [1.82, 2.24) is 0 Å². The molecule has 0 bridgehead atoms. The summed E-state index contributed by atoms with van der Waals surface area (Å²) in [5.41, 5.74) is 1.67. The van der Waals surface area contributed by atoms with Crippen molar-refractivity contribution in [3.8, 4) is 5.75 Å². The minimum absolute atomic E-state index is 0.191. The van der Waals surface area contributed by atoms with Crippen LogP contribution in [0.5, 0.6) is 5.75 Å². The number of hydrogen-bond acceptors (Lipinski definition) is 3. The SMILES string of the molecule is CCCC[C@]1(CC)CSc2ccc(OC)cc2[C@H](c2cccc(F)c2)C1O. The molecule has 146 valence electrons. The number of hydrogen-bond donors (Lipinski definition) is 1. The Morgan fingerprint density at radius 3 is 2.70 bits per heavy atom. The molecule has 3 atom stereocenters. The Morgan fingerprint density at radius 2 is 2.04 bits per heavy atom. The monoisotopic (exact) mass is 388 g/mol. The Labute approximate surface area is 166 Å². The first-order valence-electron chi connectivity index (χ1n) is 9.79. The molecule has 1 aliphatic rings. The van der Waals surface area contributed by atoms with E-state index in [0.29, 0.717) is 0 Å². The maximum atomic E-state index is 14.0. The van der Waals surface area contributed by atoms with Gasteiger partial charge in [-0.1, -0.05) is 38.8 Å². The summed E-state index contributed by atoms with van der Waals surface area (Å²) in [5.74, 6) is 1.10. The zero-order chi connectivity index (χ0) is 19.4. The van der Waals surface area contributed by atoms with Crippen LogP contribution in [0.1, 0.15) is 56.6 Å². The van der Waals surface area contributed by atoms with Crippen LogP contribution in [0.25, 0.3) is 0 Å². The molecule has 0 aliphatic carbocycles. The van der Waals surface area contributed by atoms with Crippen molar-refractivity contribution in [3.05, 3.63) is 59.4 Å². The van der Waals surface area contributed by atoms with Gasteiger partial charge < -0.3 is 9.84 Å². The van der Waals surface area contributed by atoms with Gasteiger partial charge in [-0.2, -0.15) is 0 Å². The summed E-state index contributed by atoms with van der Waals surface area (Å²) >= 11 is 1.81. The molecule has 0 saturated carbocycles. The molecule has 4 heteroatoms. The second-order valence-electron chi connectivity index (χ2n) is 7.49. The highest BCUT2D eigenvalue weighted by Gasteiger charge is 2.44. The number of thioether (sulfide) groups is 1. The first-order valence-corrected chi connectivity index (χ1v) is 10.8. The highest BCUT2D eigenvalue weighted by Crippen LogP contribution is 2.51. The molecule has 0 fully saturated rings. The normalized spacial score (nSPS) is 24.9. The lowest BCUT2D eigenvalue weighted by atomic mass is 9.69. The van der Waals surface area contributed by atoms with Crippen LogP contribution < -0.4 is 4.74 Å². The minimum atomic E-state index is -0.572. The fourth-order valence-corrected chi connectivity index (χ4v) is 5.64. The van der Waals surface area contributed by atoms with Crippen LogP contribution in [0.15, 0.2) is 47.4 Å². The standard InChI is InChI=1S/C23H29FO2S/c1-4-6-12-23(5-2)15-27-20-11-10-18(26-3)14-19(20)21(22(23)25)16-8-7-9-17(24)13-16/h7-11,13-14,21-22,25H,4-6,12,15H2,1-3H3/t21-,22?,23+/m0/s1. The quantitative estimate of drug-likeness (QED) is 0.656. The van der Waals surface area contributed by atoms with Crippen molar-refractivity contribution in [2.45, 2.75) is 56.4 Å². The average Bonchev–Trinajstić information content (AvgIpc) is 2.80. The summed E-state index contributed by atoms with van der Waals surface area (Å²) in [5, 5.41) is 11.7. The van der Waals surface area contributed by atoms with Gasteiger partial charge in [0.15, 0.2) is 0 Å². The van der Waals surface area contributed by atoms with E-state index in [1.165, 1.54) is 6.07 Å². The number of halogens is 1. The second kappa shape index (κ2) is 8.66. The number of aliphatic hydroxyl groups excluding tert-OH is 1. The van der Waals surface area contributed by atoms with Crippen LogP contribution in [0.3, 0.4) is 0 Å². The van der Waals surface area contributed by atoms with E-state index in [4.69, 9.17) is 4.74 Å². The number of rotatable bonds is 6. The third kappa shape index (κ3) is 4.02. The topological polar surface area (TPSA) is 29.5 Å². The summed E-state index contributed by atoms with van der Waals surface area (Å²) in [7, 11) is 1.65. The van der Waals surface area contributed by atoms with Crippen LogP contribution in [0, 0.1) is 11.2 Å². The molecule has 1 N–H and O–H groups in total. The molecule has 1 aliphatic heterocycles. The van der Waals surface area contributed by atoms with E-state index in [1.807, 2.05) is 30.0 Å². The van der Waals surface area contributed by atoms with Gasteiger partial charge in [0, 0.05) is 22.0 Å². The van der Waals surface area contributed by atoms with E-state index < -0.39 is 6.10 Å². The molecule has 2 aromatic rings. The van der Waals surface area contributed by atoms with Gasteiger partial charge in [0.25, 0.3) is 0 Å². The van der Waals surface area contributed by atoms with Crippen molar-refractivity contribution in [3.63, 3.8) is 0 Å². The Kier molecular flexibility index (Phi) is 6.48. The van der Waals surface area contributed by atoms with E-state index in [9.17, 15) is 9.50 Å². The fourth-order valence-electron chi connectivity index (χ4n) is 4.16. The summed E-state index contributed by atoms with van der Waals surface area (Å²) in [6.45, 7) is 4.35. The van der Waals surface area contributed by atoms with Gasteiger partial charge in [-0.3, -0.25) is 0 Å².